The first kappa shape index (κ1) is 14.4. The molecule has 0 spiro atoms. The monoisotopic (exact) mass is 309 g/mol. The van der Waals surface area contributed by atoms with Gasteiger partial charge in [-0.05, 0) is 29.3 Å². The highest BCUT2D eigenvalue weighted by atomic mass is 32.1. The van der Waals surface area contributed by atoms with Gasteiger partial charge in [0.15, 0.2) is 0 Å². The summed E-state index contributed by atoms with van der Waals surface area (Å²) < 4.78 is 0. The standard InChI is InChI=1S/C17H15N3OS/c1-12-19-16(11-22-12)9-17(21)20-18-10-13-6-7-14-4-2-3-5-15(14)8-13/h2-8,10-11H,9H2,1H3,(H,20,21)/b18-10-. The summed E-state index contributed by atoms with van der Waals surface area (Å²) in [5.41, 5.74) is 4.26. The van der Waals surface area contributed by atoms with Gasteiger partial charge in [-0.15, -0.1) is 11.3 Å². The molecule has 0 aliphatic rings. The van der Waals surface area contributed by atoms with Crippen LogP contribution < -0.4 is 5.43 Å². The molecule has 0 atom stereocenters. The number of amides is 1. The van der Waals surface area contributed by atoms with Crippen molar-refractivity contribution in [1.29, 1.82) is 0 Å². The molecule has 4 nitrogen and oxygen atoms in total. The fraction of sp³-hybridized carbons (Fsp3) is 0.118. The van der Waals surface area contributed by atoms with E-state index < -0.39 is 0 Å². The van der Waals surface area contributed by atoms with Gasteiger partial charge >= 0.3 is 0 Å². The summed E-state index contributed by atoms with van der Waals surface area (Å²) in [6, 6.07) is 14.2. The summed E-state index contributed by atoms with van der Waals surface area (Å²) in [6.07, 6.45) is 1.90. The number of nitrogens with one attached hydrogen (secondary N) is 1. The molecule has 110 valence electrons. The van der Waals surface area contributed by atoms with Gasteiger partial charge in [-0.25, -0.2) is 10.4 Å². The van der Waals surface area contributed by atoms with Crippen LogP contribution in [0.15, 0.2) is 52.9 Å². The Kier molecular flexibility index (Phi) is 4.25. The van der Waals surface area contributed by atoms with Crippen LogP contribution in [-0.2, 0) is 11.2 Å². The highest BCUT2D eigenvalue weighted by Gasteiger charge is 2.04. The van der Waals surface area contributed by atoms with Crippen molar-refractivity contribution in [1.82, 2.24) is 10.4 Å². The summed E-state index contributed by atoms with van der Waals surface area (Å²) >= 11 is 1.54. The second-order valence-corrected chi connectivity index (χ2v) is 6.00. The zero-order valence-corrected chi connectivity index (χ0v) is 12.9. The fourth-order valence-corrected chi connectivity index (χ4v) is 2.77. The maximum absolute atomic E-state index is 11.8. The zero-order valence-electron chi connectivity index (χ0n) is 12.1. The van der Waals surface area contributed by atoms with E-state index in [4.69, 9.17) is 0 Å². The molecule has 0 saturated heterocycles. The number of hydrogen-bond donors (Lipinski definition) is 1. The van der Waals surface area contributed by atoms with Gasteiger partial charge in [0.2, 0.25) is 5.91 Å². The number of carbonyl (C=O) groups is 1. The summed E-state index contributed by atoms with van der Waals surface area (Å²) in [5, 5.41) is 9.19. The number of benzene rings is 2. The lowest BCUT2D eigenvalue weighted by molar-refractivity contribution is -0.120. The van der Waals surface area contributed by atoms with Crippen LogP contribution in [0, 0.1) is 6.92 Å². The summed E-state index contributed by atoms with van der Waals surface area (Å²) in [6.45, 7) is 1.92. The minimum Gasteiger partial charge on any atom is -0.273 e. The van der Waals surface area contributed by atoms with Gasteiger partial charge < -0.3 is 0 Å². The molecular weight excluding hydrogens is 294 g/mol. The number of aryl methyl sites for hydroxylation is 1. The van der Waals surface area contributed by atoms with Crippen molar-refractivity contribution in [3.63, 3.8) is 0 Å². The van der Waals surface area contributed by atoms with Gasteiger partial charge in [-0.1, -0.05) is 36.4 Å². The Morgan fingerprint density at radius 3 is 2.86 bits per heavy atom. The van der Waals surface area contributed by atoms with E-state index in [2.05, 4.69) is 27.6 Å². The van der Waals surface area contributed by atoms with E-state index in [9.17, 15) is 4.79 Å². The normalized spacial score (nSPS) is 11.1. The van der Waals surface area contributed by atoms with E-state index in [-0.39, 0.29) is 12.3 Å². The fourth-order valence-electron chi connectivity index (χ4n) is 2.16. The van der Waals surface area contributed by atoms with Crippen molar-refractivity contribution in [3.8, 4) is 0 Å². The third-order valence-electron chi connectivity index (χ3n) is 3.18. The number of fused-ring (bicyclic) bond motifs is 1. The van der Waals surface area contributed by atoms with Gasteiger partial charge in [0.1, 0.15) is 0 Å². The Morgan fingerprint density at radius 2 is 2.09 bits per heavy atom. The predicted octanol–water partition coefficient (Wildman–Crippen LogP) is 3.30. The number of thiazole rings is 1. The topological polar surface area (TPSA) is 54.4 Å². The van der Waals surface area contributed by atoms with Gasteiger partial charge in [0.25, 0.3) is 0 Å². The molecule has 3 rings (SSSR count). The van der Waals surface area contributed by atoms with E-state index in [0.717, 1.165) is 21.7 Å². The maximum Gasteiger partial charge on any atom is 0.246 e. The molecule has 2 aromatic carbocycles. The zero-order chi connectivity index (χ0) is 15.4. The van der Waals surface area contributed by atoms with Crippen molar-refractivity contribution in [2.75, 3.05) is 0 Å². The first-order valence-electron chi connectivity index (χ1n) is 6.92. The number of rotatable bonds is 4. The van der Waals surface area contributed by atoms with Gasteiger partial charge in [-0.3, -0.25) is 4.79 Å². The minimum atomic E-state index is -0.165. The number of aromatic nitrogens is 1. The smallest absolute Gasteiger partial charge is 0.246 e. The lowest BCUT2D eigenvalue weighted by Gasteiger charge is -1.99. The van der Waals surface area contributed by atoms with Crippen LogP contribution in [0.1, 0.15) is 16.3 Å². The molecule has 0 unspecified atom stereocenters. The van der Waals surface area contributed by atoms with Crippen molar-refractivity contribution < 1.29 is 4.79 Å². The molecule has 0 bridgehead atoms. The van der Waals surface area contributed by atoms with E-state index in [1.54, 1.807) is 6.21 Å². The first-order chi connectivity index (χ1) is 10.7. The Morgan fingerprint density at radius 1 is 1.27 bits per heavy atom. The molecule has 22 heavy (non-hydrogen) atoms. The van der Waals surface area contributed by atoms with Crippen LogP contribution in [0.2, 0.25) is 0 Å². The minimum absolute atomic E-state index is 0.165. The van der Waals surface area contributed by atoms with Gasteiger partial charge in [0, 0.05) is 5.38 Å². The van der Waals surface area contributed by atoms with E-state index in [0.29, 0.717) is 0 Å². The lowest BCUT2D eigenvalue weighted by Crippen LogP contribution is -2.19. The van der Waals surface area contributed by atoms with E-state index in [1.807, 2.05) is 42.6 Å². The van der Waals surface area contributed by atoms with Crippen molar-refractivity contribution >= 4 is 34.2 Å². The van der Waals surface area contributed by atoms with Gasteiger partial charge in [0.05, 0.1) is 23.3 Å². The van der Waals surface area contributed by atoms with Crippen molar-refractivity contribution in [3.05, 3.63) is 64.1 Å². The highest BCUT2D eigenvalue weighted by molar-refractivity contribution is 7.09. The molecule has 5 heteroatoms. The predicted molar refractivity (Wildman–Crippen MR) is 90.2 cm³/mol. The molecule has 0 radical (unpaired) electrons. The van der Waals surface area contributed by atoms with Crippen molar-refractivity contribution in [2.45, 2.75) is 13.3 Å². The number of carbonyl (C=O) groups excluding carboxylic acids is 1. The average Bonchev–Trinajstić information content (AvgIpc) is 2.92. The average molecular weight is 309 g/mol. The second kappa shape index (κ2) is 6.49. The van der Waals surface area contributed by atoms with Crippen LogP contribution in [0.5, 0.6) is 0 Å². The molecule has 3 aromatic rings. The molecule has 1 amide bonds. The molecule has 1 N–H and O–H groups in total. The Hall–Kier alpha value is -2.53. The number of hydrazone groups is 1. The first-order valence-corrected chi connectivity index (χ1v) is 7.80. The van der Waals surface area contributed by atoms with E-state index in [1.165, 1.54) is 16.7 Å². The molecule has 0 saturated carbocycles. The van der Waals surface area contributed by atoms with Crippen LogP contribution >= 0.6 is 11.3 Å². The molecular formula is C17H15N3OS. The van der Waals surface area contributed by atoms with E-state index >= 15 is 0 Å². The summed E-state index contributed by atoms with van der Waals surface area (Å²) in [7, 11) is 0. The molecule has 0 aliphatic heterocycles. The Labute approximate surface area is 132 Å². The molecule has 1 heterocycles. The van der Waals surface area contributed by atoms with Crippen LogP contribution in [0.4, 0.5) is 0 Å². The second-order valence-electron chi connectivity index (χ2n) is 4.93. The van der Waals surface area contributed by atoms with Crippen LogP contribution in [-0.4, -0.2) is 17.1 Å². The molecule has 1 aromatic heterocycles. The van der Waals surface area contributed by atoms with Crippen LogP contribution in [0.3, 0.4) is 0 Å². The summed E-state index contributed by atoms with van der Waals surface area (Å²) in [4.78, 5) is 16.0. The summed E-state index contributed by atoms with van der Waals surface area (Å²) in [5.74, 6) is -0.165. The number of hydrogen-bond acceptors (Lipinski definition) is 4. The number of nitrogens with zero attached hydrogens (tertiary/aromatic N) is 2. The van der Waals surface area contributed by atoms with Crippen molar-refractivity contribution in [2.24, 2.45) is 5.10 Å². The third-order valence-corrected chi connectivity index (χ3v) is 4.01. The Bertz CT molecular complexity index is 839. The lowest BCUT2D eigenvalue weighted by atomic mass is 10.1. The molecule has 0 fully saturated rings. The quantitative estimate of drug-likeness (QED) is 0.594. The van der Waals surface area contributed by atoms with Gasteiger partial charge in [-0.2, -0.15) is 5.10 Å². The molecule has 0 aliphatic carbocycles. The maximum atomic E-state index is 11.8. The largest absolute Gasteiger partial charge is 0.273 e. The van der Waals surface area contributed by atoms with Crippen LogP contribution in [0.25, 0.3) is 10.8 Å². The third kappa shape index (κ3) is 3.56. The highest BCUT2D eigenvalue weighted by Crippen LogP contribution is 2.14. The Balaban J connectivity index is 1.61. The SMILES string of the molecule is Cc1nc(CC(=O)N/N=C\c2ccc3ccccc3c2)cs1.